The van der Waals surface area contributed by atoms with Gasteiger partial charge in [0.2, 0.25) is 5.91 Å². The first kappa shape index (κ1) is 20.3. The number of nitrogens with zero attached hydrogens (tertiary/aromatic N) is 2. The van der Waals surface area contributed by atoms with Crippen molar-refractivity contribution in [3.8, 4) is 0 Å². The quantitative estimate of drug-likeness (QED) is 0.537. The van der Waals surface area contributed by atoms with Gasteiger partial charge in [0.25, 0.3) is 11.8 Å². The van der Waals surface area contributed by atoms with E-state index in [0.717, 1.165) is 0 Å². The van der Waals surface area contributed by atoms with Crippen molar-refractivity contribution in [2.75, 3.05) is 32.0 Å². The van der Waals surface area contributed by atoms with Crippen LogP contribution in [0.25, 0.3) is 0 Å². The summed E-state index contributed by atoms with van der Waals surface area (Å²) in [5.41, 5.74) is 0.373. The molecule has 0 aliphatic carbocycles. The number of amides is 3. The number of rotatable bonds is 4. The summed E-state index contributed by atoms with van der Waals surface area (Å²) in [4.78, 5) is 38.8. The van der Waals surface area contributed by atoms with Crippen LogP contribution in [0, 0.1) is 0 Å². The fourth-order valence-corrected chi connectivity index (χ4v) is 3.36. The largest absolute Gasteiger partial charge is 0.343 e. The number of benzene rings is 1. The minimum absolute atomic E-state index is 0.0918. The Balaban J connectivity index is 1.72. The highest BCUT2D eigenvalue weighted by molar-refractivity contribution is 9.10. The van der Waals surface area contributed by atoms with E-state index in [4.69, 9.17) is 11.6 Å². The Morgan fingerprint density at radius 2 is 2.07 bits per heavy atom. The lowest BCUT2D eigenvalue weighted by molar-refractivity contribution is -0.131. The van der Waals surface area contributed by atoms with Gasteiger partial charge in [0.15, 0.2) is 5.82 Å². The fourth-order valence-electron chi connectivity index (χ4n) is 2.68. The van der Waals surface area contributed by atoms with Crippen molar-refractivity contribution in [2.24, 2.45) is 0 Å². The summed E-state index contributed by atoms with van der Waals surface area (Å²) in [7, 11) is 1.68. The molecule has 0 saturated carbocycles. The first-order valence-electron chi connectivity index (χ1n) is 8.44. The van der Waals surface area contributed by atoms with E-state index in [1.807, 2.05) is 0 Å². The third kappa shape index (κ3) is 4.34. The Labute approximate surface area is 174 Å². The summed E-state index contributed by atoms with van der Waals surface area (Å²) < 4.78 is 0.271. The van der Waals surface area contributed by atoms with Crippen molar-refractivity contribution in [2.45, 2.75) is 6.04 Å². The molecule has 1 fully saturated rings. The number of anilines is 1. The van der Waals surface area contributed by atoms with Gasteiger partial charge in [-0.05, 0) is 28.1 Å². The molecule has 2 aromatic rings. The number of likely N-dealkylation sites (N-methyl/N-ethyl adjacent to an activating group) is 1. The molecule has 1 aliphatic heterocycles. The van der Waals surface area contributed by atoms with Crippen molar-refractivity contribution in [1.29, 1.82) is 0 Å². The highest BCUT2D eigenvalue weighted by atomic mass is 79.9. The van der Waals surface area contributed by atoms with Gasteiger partial charge in [-0.15, -0.1) is 0 Å². The monoisotopic (exact) mass is 468 g/mol. The predicted octanol–water partition coefficient (Wildman–Crippen LogP) is 1.24. The molecule has 1 saturated heterocycles. The van der Waals surface area contributed by atoms with Gasteiger partial charge < -0.3 is 20.9 Å². The molecule has 1 atom stereocenters. The molecular formula is C17H18BrClN6O3. The third-order valence-electron chi connectivity index (χ3n) is 4.24. The summed E-state index contributed by atoms with van der Waals surface area (Å²) in [6.07, 6.45) is 0. The lowest BCUT2D eigenvalue weighted by atomic mass is 10.2. The number of nitrogens with one attached hydrogen (secondary N) is 4. The molecule has 148 valence electrons. The van der Waals surface area contributed by atoms with Crippen LogP contribution in [0.15, 0.2) is 28.7 Å². The number of halogens is 2. The molecule has 1 unspecified atom stereocenters. The van der Waals surface area contributed by atoms with Gasteiger partial charge >= 0.3 is 0 Å². The zero-order valence-electron chi connectivity index (χ0n) is 14.9. The predicted molar refractivity (Wildman–Crippen MR) is 107 cm³/mol. The average Bonchev–Trinajstić information content (AvgIpc) is 2.95. The van der Waals surface area contributed by atoms with Crippen molar-refractivity contribution in [3.63, 3.8) is 0 Å². The minimum atomic E-state index is -0.698. The van der Waals surface area contributed by atoms with Gasteiger partial charge in [-0.2, -0.15) is 5.10 Å². The van der Waals surface area contributed by atoms with Gasteiger partial charge in [0, 0.05) is 26.7 Å². The van der Waals surface area contributed by atoms with Crippen molar-refractivity contribution < 1.29 is 14.4 Å². The Morgan fingerprint density at radius 3 is 2.82 bits per heavy atom. The molecule has 9 nitrogen and oxygen atoms in total. The Bertz CT molecular complexity index is 918. The van der Waals surface area contributed by atoms with Crippen LogP contribution in [-0.4, -0.2) is 65.5 Å². The summed E-state index contributed by atoms with van der Waals surface area (Å²) >= 11 is 9.29. The van der Waals surface area contributed by atoms with Crippen LogP contribution in [0.2, 0.25) is 5.02 Å². The molecule has 2 heterocycles. The normalized spacial score (nSPS) is 17.2. The van der Waals surface area contributed by atoms with E-state index in [0.29, 0.717) is 24.7 Å². The molecule has 0 radical (unpaired) electrons. The molecule has 1 aromatic heterocycles. The smallest absolute Gasteiger partial charge is 0.271 e. The molecule has 4 N–H and O–H groups in total. The first-order chi connectivity index (χ1) is 13.4. The zero-order valence-corrected chi connectivity index (χ0v) is 17.2. The second-order valence-corrected chi connectivity index (χ2v) is 7.39. The maximum atomic E-state index is 12.6. The molecule has 28 heavy (non-hydrogen) atoms. The Hall–Kier alpha value is -2.43. The van der Waals surface area contributed by atoms with Gasteiger partial charge in [-0.25, -0.2) is 0 Å². The van der Waals surface area contributed by atoms with E-state index in [-0.39, 0.29) is 27.5 Å². The van der Waals surface area contributed by atoms with Crippen LogP contribution in [0.5, 0.6) is 0 Å². The van der Waals surface area contributed by atoms with Crippen LogP contribution >= 0.6 is 27.5 Å². The van der Waals surface area contributed by atoms with Crippen LogP contribution in [0.4, 0.5) is 5.82 Å². The van der Waals surface area contributed by atoms with Crippen LogP contribution in [0.3, 0.4) is 0 Å². The molecule has 0 bridgehead atoms. The van der Waals surface area contributed by atoms with E-state index in [2.05, 4.69) is 42.1 Å². The SMILES string of the molecule is CN1CCNCC(NC(=O)c2[nH]nc(NC(=O)c3ccccc3Cl)c2Br)C1=O. The van der Waals surface area contributed by atoms with E-state index >= 15 is 0 Å². The number of hydrogen-bond acceptors (Lipinski definition) is 5. The van der Waals surface area contributed by atoms with E-state index in [1.54, 1.807) is 36.2 Å². The maximum Gasteiger partial charge on any atom is 0.271 e. The van der Waals surface area contributed by atoms with Crippen LogP contribution < -0.4 is 16.0 Å². The topological polar surface area (TPSA) is 119 Å². The summed E-state index contributed by atoms with van der Waals surface area (Å²) in [5.74, 6) is -1.03. The number of carbonyl (C=O) groups is 3. The van der Waals surface area contributed by atoms with E-state index < -0.39 is 17.9 Å². The summed E-state index contributed by atoms with van der Waals surface area (Å²) in [5, 5.41) is 15.2. The lowest BCUT2D eigenvalue weighted by Gasteiger charge is -2.20. The lowest BCUT2D eigenvalue weighted by Crippen LogP contribution is -2.49. The first-order valence-corrected chi connectivity index (χ1v) is 9.62. The maximum absolute atomic E-state index is 12.6. The summed E-state index contributed by atoms with van der Waals surface area (Å²) in [6, 6.07) is 5.88. The molecule has 11 heteroatoms. The third-order valence-corrected chi connectivity index (χ3v) is 5.34. The molecule has 1 aliphatic rings. The number of aromatic nitrogens is 2. The number of carbonyl (C=O) groups excluding carboxylic acids is 3. The Kier molecular flexibility index (Phi) is 6.32. The summed E-state index contributed by atoms with van der Waals surface area (Å²) in [6.45, 7) is 1.55. The van der Waals surface area contributed by atoms with Crippen LogP contribution in [-0.2, 0) is 4.79 Å². The molecule has 1 aromatic carbocycles. The zero-order chi connectivity index (χ0) is 20.3. The second-order valence-electron chi connectivity index (χ2n) is 6.19. The minimum Gasteiger partial charge on any atom is -0.343 e. The van der Waals surface area contributed by atoms with E-state index in [9.17, 15) is 14.4 Å². The van der Waals surface area contributed by atoms with Crippen molar-refractivity contribution >= 4 is 51.1 Å². The van der Waals surface area contributed by atoms with Gasteiger partial charge in [-0.3, -0.25) is 19.5 Å². The second kappa shape index (κ2) is 8.72. The fraction of sp³-hybridized carbons (Fsp3) is 0.294. The highest BCUT2D eigenvalue weighted by Crippen LogP contribution is 2.25. The van der Waals surface area contributed by atoms with Crippen molar-refractivity contribution in [1.82, 2.24) is 25.7 Å². The van der Waals surface area contributed by atoms with Gasteiger partial charge in [-0.1, -0.05) is 23.7 Å². The number of hydrogen-bond donors (Lipinski definition) is 4. The van der Waals surface area contributed by atoms with Gasteiger partial charge in [0.1, 0.15) is 11.7 Å². The van der Waals surface area contributed by atoms with Gasteiger partial charge in [0.05, 0.1) is 15.1 Å². The molecule has 3 rings (SSSR count). The highest BCUT2D eigenvalue weighted by Gasteiger charge is 2.28. The Morgan fingerprint density at radius 1 is 1.32 bits per heavy atom. The average molecular weight is 470 g/mol. The molecular weight excluding hydrogens is 452 g/mol. The van der Waals surface area contributed by atoms with Crippen molar-refractivity contribution in [3.05, 3.63) is 45.0 Å². The molecule has 3 amide bonds. The van der Waals surface area contributed by atoms with E-state index in [1.165, 1.54) is 0 Å². The van der Waals surface area contributed by atoms with Crippen LogP contribution in [0.1, 0.15) is 20.8 Å². The number of H-pyrrole nitrogens is 1. The standard InChI is InChI=1S/C17H18BrClN6O3/c1-25-7-6-20-8-11(17(25)28)21-16(27)13-12(18)14(24-23-13)22-15(26)9-4-2-3-5-10(9)19/h2-5,11,20H,6-8H2,1H3,(H,21,27)(H2,22,23,24,26). The number of aromatic amines is 1. The molecule has 0 spiro atoms.